The van der Waals surface area contributed by atoms with Gasteiger partial charge < -0.3 is 15.3 Å². The monoisotopic (exact) mass is 460 g/mol. The topological polar surface area (TPSA) is 60.7 Å². The molecule has 4 aliphatic rings. The highest BCUT2D eigenvalue weighted by Gasteiger charge is 2.65. The Morgan fingerprint density at radius 1 is 1.00 bits per heavy atom. The van der Waals surface area contributed by atoms with Gasteiger partial charge >= 0.3 is 0 Å². The Morgan fingerprint density at radius 3 is 2.30 bits per heavy atom. The van der Waals surface area contributed by atoms with Crippen LogP contribution in [0.4, 0.5) is 0 Å². The van der Waals surface area contributed by atoms with Gasteiger partial charge in [-0.2, -0.15) is 0 Å². The van der Waals surface area contributed by atoms with Crippen LogP contribution < -0.4 is 0 Å². The average molecular weight is 461 g/mol. The van der Waals surface area contributed by atoms with Gasteiger partial charge in [-0.3, -0.25) is 0 Å². The highest BCUT2D eigenvalue weighted by atomic mass is 16.3. The van der Waals surface area contributed by atoms with E-state index in [1.165, 1.54) is 25.7 Å². The van der Waals surface area contributed by atoms with Crippen LogP contribution in [0.5, 0.6) is 0 Å². The quantitative estimate of drug-likeness (QED) is 0.410. The molecule has 0 radical (unpaired) electrons. The molecule has 4 aliphatic carbocycles. The van der Waals surface area contributed by atoms with Crippen LogP contribution in [-0.2, 0) is 0 Å². The highest BCUT2D eigenvalue weighted by Crippen LogP contribution is 2.73. The fourth-order valence-corrected chi connectivity index (χ4v) is 9.63. The van der Waals surface area contributed by atoms with Crippen LogP contribution in [0.3, 0.4) is 0 Å². The van der Waals surface area contributed by atoms with Gasteiger partial charge in [0.25, 0.3) is 0 Å². The van der Waals surface area contributed by atoms with E-state index in [4.69, 9.17) is 0 Å². The van der Waals surface area contributed by atoms with Crippen molar-refractivity contribution in [3.05, 3.63) is 11.6 Å². The van der Waals surface area contributed by atoms with Gasteiger partial charge in [0, 0.05) is 0 Å². The summed E-state index contributed by atoms with van der Waals surface area (Å²) in [6, 6.07) is 0. The number of allylic oxidation sites excluding steroid dienone is 2. The molecule has 9 atom stereocenters. The standard InChI is InChI=1S/C30H52O3/c1-19(9-12-25(32)27(4,5)33)20-13-17-30(8)22-10-11-23-26(2,3)24(31)15-16-28(23,6)21(22)14-18-29(20,30)7/h10,19-21,23-25,31-33H,9,11-18H2,1-8H3/t19-,20-,21-,23-,24-,25-,28+,29-,30+/m0/s1. The predicted molar refractivity (Wildman–Crippen MR) is 136 cm³/mol. The van der Waals surface area contributed by atoms with Crippen LogP contribution in [0.25, 0.3) is 0 Å². The van der Waals surface area contributed by atoms with E-state index in [0.717, 1.165) is 25.7 Å². The lowest BCUT2D eigenvalue weighted by Crippen LogP contribution is -2.58. The molecule has 0 heterocycles. The smallest absolute Gasteiger partial charge is 0.0849 e. The lowest BCUT2D eigenvalue weighted by molar-refractivity contribution is -0.131. The van der Waals surface area contributed by atoms with Crippen molar-refractivity contribution in [2.24, 2.45) is 45.3 Å². The Labute approximate surface area is 203 Å². The molecule has 0 aromatic rings. The summed E-state index contributed by atoms with van der Waals surface area (Å²) in [4.78, 5) is 0. The van der Waals surface area contributed by atoms with Crippen molar-refractivity contribution in [1.29, 1.82) is 0 Å². The maximum atomic E-state index is 10.8. The number of hydrogen-bond acceptors (Lipinski definition) is 3. The van der Waals surface area contributed by atoms with Gasteiger partial charge in [-0.25, -0.2) is 0 Å². The first kappa shape index (κ1) is 25.7. The average Bonchev–Trinajstić information content (AvgIpc) is 3.00. The summed E-state index contributed by atoms with van der Waals surface area (Å²) in [5.74, 6) is 2.46. The normalized spacial score (nSPS) is 46.6. The van der Waals surface area contributed by atoms with Crippen molar-refractivity contribution in [3.8, 4) is 0 Å². The SMILES string of the molecule is C[C@@H](CC[C@H](O)C(C)(C)O)[C@@H]1CC[C@]2(C)C3=CC[C@H]4C(C)(C)[C@@H](O)CC[C@]4(C)[C@H]3CC[C@@]12C. The third kappa shape index (κ3) is 3.70. The van der Waals surface area contributed by atoms with Crippen LogP contribution in [0.1, 0.15) is 113 Å². The van der Waals surface area contributed by atoms with E-state index in [2.05, 4.69) is 47.6 Å². The molecule has 3 heteroatoms. The summed E-state index contributed by atoms with van der Waals surface area (Å²) in [5, 5.41) is 31.4. The van der Waals surface area contributed by atoms with Crippen molar-refractivity contribution >= 4 is 0 Å². The first-order valence-corrected chi connectivity index (χ1v) is 13.9. The minimum absolute atomic E-state index is 0.00920. The molecule has 3 saturated carbocycles. The summed E-state index contributed by atoms with van der Waals surface area (Å²) < 4.78 is 0. The molecule has 0 aliphatic heterocycles. The van der Waals surface area contributed by atoms with Gasteiger partial charge in [0.1, 0.15) is 0 Å². The number of fused-ring (bicyclic) bond motifs is 5. The Balaban J connectivity index is 1.58. The van der Waals surface area contributed by atoms with E-state index in [1.807, 2.05) is 0 Å². The number of hydrogen-bond donors (Lipinski definition) is 3. The molecule has 3 nitrogen and oxygen atoms in total. The van der Waals surface area contributed by atoms with Crippen LogP contribution in [-0.4, -0.2) is 33.1 Å². The molecule has 33 heavy (non-hydrogen) atoms. The zero-order valence-electron chi connectivity index (χ0n) is 22.7. The van der Waals surface area contributed by atoms with Crippen molar-refractivity contribution in [3.63, 3.8) is 0 Å². The van der Waals surface area contributed by atoms with E-state index in [9.17, 15) is 15.3 Å². The van der Waals surface area contributed by atoms with Gasteiger partial charge in [-0.05, 0) is 117 Å². The second-order valence-corrected chi connectivity index (χ2v) is 14.5. The zero-order valence-corrected chi connectivity index (χ0v) is 22.7. The number of rotatable bonds is 5. The molecule has 0 saturated heterocycles. The third-order valence-corrected chi connectivity index (χ3v) is 12.3. The van der Waals surface area contributed by atoms with Crippen LogP contribution >= 0.6 is 0 Å². The molecular weight excluding hydrogens is 408 g/mol. The molecule has 190 valence electrons. The molecule has 0 bridgehead atoms. The maximum absolute atomic E-state index is 10.8. The second-order valence-electron chi connectivity index (χ2n) is 14.5. The highest BCUT2D eigenvalue weighted by molar-refractivity contribution is 5.33. The molecule has 4 rings (SSSR count). The lowest BCUT2D eigenvalue weighted by Gasteiger charge is -2.64. The Kier molecular flexibility index (Phi) is 6.28. The summed E-state index contributed by atoms with van der Waals surface area (Å²) in [5.41, 5.74) is 1.60. The fraction of sp³-hybridized carbons (Fsp3) is 0.933. The minimum Gasteiger partial charge on any atom is -0.393 e. The molecule has 0 unspecified atom stereocenters. The lowest BCUT2D eigenvalue weighted by atomic mass is 9.41. The van der Waals surface area contributed by atoms with E-state index in [1.54, 1.807) is 19.4 Å². The summed E-state index contributed by atoms with van der Waals surface area (Å²) in [6.07, 6.45) is 11.8. The third-order valence-electron chi connectivity index (χ3n) is 12.3. The van der Waals surface area contributed by atoms with Crippen molar-refractivity contribution < 1.29 is 15.3 Å². The van der Waals surface area contributed by atoms with Gasteiger partial charge in [0.2, 0.25) is 0 Å². The molecule has 3 fully saturated rings. The number of aliphatic hydroxyl groups excluding tert-OH is 2. The molecule has 0 aromatic carbocycles. The Bertz CT molecular complexity index is 778. The van der Waals surface area contributed by atoms with E-state index in [0.29, 0.717) is 40.9 Å². The van der Waals surface area contributed by atoms with Crippen molar-refractivity contribution in [2.45, 2.75) is 131 Å². The Morgan fingerprint density at radius 2 is 1.67 bits per heavy atom. The van der Waals surface area contributed by atoms with Crippen molar-refractivity contribution in [1.82, 2.24) is 0 Å². The van der Waals surface area contributed by atoms with Crippen LogP contribution in [0.2, 0.25) is 0 Å². The van der Waals surface area contributed by atoms with Crippen LogP contribution in [0, 0.1) is 45.3 Å². The van der Waals surface area contributed by atoms with Gasteiger partial charge in [0.05, 0.1) is 17.8 Å². The van der Waals surface area contributed by atoms with Gasteiger partial charge in [-0.1, -0.05) is 53.2 Å². The first-order valence-electron chi connectivity index (χ1n) is 13.9. The summed E-state index contributed by atoms with van der Waals surface area (Å²) in [7, 11) is 0. The summed E-state index contributed by atoms with van der Waals surface area (Å²) >= 11 is 0. The molecule has 3 N–H and O–H groups in total. The van der Waals surface area contributed by atoms with E-state index < -0.39 is 11.7 Å². The molecule has 0 amide bonds. The minimum atomic E-state index is -1.02. The largest absolute Gasteiger partial charge is 0.393 e. The molecular formula is C30H52O3. The predicted octanol–water partition coefficient (Wildman–Crippen LogP) is 6.50. The second kappa shape index (κ2) is 8.07. The first-order chi connectivity index (χ1) is 15.1. The van der Waals surface area contributed by atoms with E-state index >= 15 is 0 Å². The fourth-order valence-electron chi connectivity index (χ4n) is 9.63. The van der Waals surface area contributed by atoms with Crippen molar-refractivity contribution in [2.75, 3.05) is 0 Å². The number of aliphatic hydroxyl groups is 3. The molecule has 0 aromatic heterocycles. The van der Waals surface area contributed by atoms with E-state index in [-0.39, 0.29) is 16.9 Å². The van der Waals surface area contributed by atoms with Crippen LogP contribution in [0.15, 0.2) is 11.6 Å². The van der Waals surface area contributed by atoms with Gasteiger partial charge in [0.15, 0.2) is 0 Å². The summed E-state index contributed by atoms with van der Waals surface area (Å²) in [6.45, 7) is 18.2. The molecule has 0 spiro atoms. The Hall–Kier alpha value is -0.380. The zero-order chi connectivity index (χ0) is 24.6. The maximum Gasteiger partial charge on any atom is 0.0849 e. The van der Waals surface area contributed by atoms with Gasteiger partial charge in [-0.15, -0.1) is 0 Å².